The highest BCUT2D eigenvalue weighted by atomic mass is 32.2. The molecule has 0 aliphatic heterocycles. The van der Waals surface area contributed by atoms with Crippen LogP contribution in [0.1, 0.15) is 26.2 Å². The second kappa shape index (κ2) is 8.33. The molecule has 1 unspecified atom stereocenters. The van der Waals surface area contributed by atoms with Gasteiger partial charge in [0.15, 0.2) is 0 Å². The van der Waals surface area contributed by atoms with Gasteiger partial charge in [0.1, 0.15) is 5.75 Å². The molecule has 2 rings (SSSR count). The number of nitrogens with two attached hydrogens (primary N) is 1. The SMILES string of the molecule is CCC(CCN)CCNS(=O)(=O)COc1ccc2[nH]ccc2c1. The Bertz CT molecular complexity index is 712. The first-order valence-electron chi connectivity index (χ1n) is 7.91. The first kappa shape index (κ1) is 17.8. The normalized spacial score (nSPS) is 13.3. The van der Waals surface area contributed by atoms with Gasteiger partial charge in [-0.3, -0.25) is 0 Å². The number of aromatic amines is 1. The zero-order chi connectivity index (χ0) is 16.7. The topological polar surface area (TPSA) is 97.2 Å². The van der Waals surface area contributed by atoms with E-state index in [9.17, 15) is 8.42 Å². The van der Waals surface area contributed by atoms with Crippen molar-refractivity contribution in [3.63, 3.8) is 0 Å². The second-order valence-corrected chi connectivity index (χ2v) is 7.39. The number of fused-ring (bicyclic) bond motifs is 1. The van der Waals surface area contributed by atoms with Crippen molar-refractivity contribution >= 4 is 20.9 Å². The van der Waals surface area contributed by atoms with Crippen LogP contribution in [0, 0.1) is 5.92 Å². The van der Waals surface area contributed by atoms with E-state index >= 15 is 0 Å². The Morgan fingerprint density at radius 1 is 1.30 bits per heavy atom. The molecule has 6 nitrogen and oxygen atoms in total. The van der Waals surface area contributed by atoms with Crippen LogP contribution in [0.15, 0.2) is 30.5 Å². The molecule has 7 heteroatoms. The minimum absolute atomic E-state index is 0.378. The van der Waals surface area contributed by atoms with Crippen molar-refractivity contribution in [3.05, 3.63) is 30.5 Å². The van der Waals surface area contributed by atoms with E-state index in [1.54, 1.807) is 6.07 Å². The van der Waals surface area contributed by atoms with Crippen molar-refractivity contribution in [2.75, 3.05) is 19.0 Å². The molecule has 1 atom stereocenters. The van der Waals surface area contributed by atoms with Crippen LogP contribution >= 0.6 is 0 Å². The minimum Gasteiger partial charge on any atom is -0.476 e. The van der Waals surface area contributed by atoms with Crippen molar-refractivity contribution in [1.82, 2.24) is 9.71 Å². The van der Waals surface area contributed by atoms with Crippen LogP contribution in [0.3, 0.4) is 0 Å². The number of hydrogen-bond donors (Lipinski definition) is 3. The fourth-order valence-corrected chi connectivity index (χ4v) is 3.32. The predicted octanol–water partition coefficient (Wildman–Crippen LogP) is 2.19. The summed E-state index contributed by atoms with van der Waals surface area (Å²) in [7, 11) is -3.45. The van der Waals surface area contributed by atoms with E-state index in [4.69, 9.17) is 10.5 Å². The Hall–Kier alpha value is -1.57. The van der Waals surface area contributed by atoms with Crippen LogP contribution < -0.4 is 15.2 Å². The third-order valence-electron chi connectivity index (χ3n) is 3.93. The van der Waals surface area contributed by atoms with Gasteiger partial charge in [-0.05, 0) is 49.6 Å². The summed E-state index contributed by atoms with van der Waals surface area (Å²) in [6, 6.07) is 7.35. The molecule has 4 N–H and O–H groups in total. The summed E-state index contributed by atoms with van der Waals surface area (Å²) < 4.78 is 31.9. The molecule has 128 valence electrons. The Balaban J connectivity index is 1.81. The van der Waals surface area contributed by atoms with E-state index in [1.165, 1.54) is 0 Å². The molecule has 2 aromatic rings. The van der Waals surface area contributed by atoms with E-state index in [0.29, 0.717) is 24.8 Å². The number of ether oxygens (including phenoxy) is 1. The number of sulfonamides is 1. The number of aromatic nitrogens is 1. The molecule has 0 saturated carbocycles. The molecular weight excluding hydrogens is 314 g/mol. The van der Waals surface area contributed by atoms with Crippen LogP contribution in [0.4, 0.5) is 0 Å². The van der Waals surface area contributed by atoms with Crippen LogP contribution in [-0.4, -0.2) is 32.4 Å². The van der Waals surface area contributed by atoms with E-state index in [-0.39, 0.29) is 5.94 Å². The summed E-state index contributed by atoms with van der Waals surface area (Å²) >= 11 is 0. The Labute approximate surface area is 137 Å². The first-order valence-corrected chi connectivity index (χ1v) is 9.56. The van der Waals surface area contributed by atoms with Gasteiger partial charge in [-0.1, -0.05) is 13.3 Å². The van der Waals surface area contributed by atoms with E-state index in [0.717, 1.165) is 30.2 Å². The maximum Gasteiger partial charge on any atom is 0.246 e. The van der Waals surface area contributed by atoms with Crippen molar-refractivity contribution in [1.29, 1.82) is 0 Å². The summed E-state index contributed by atoms with van der Waals surface area (Å²) in [6.45, 7) is 3.14. The van der Waals surface area contributed by atoms with E-state index in [2.05, 4.69) is 16.6 Å². The molecule has 0 aliphatic carbocycles. The number of nitrogens with one attached hydrogen (secondary N) is 2. The van der Waals surface area contributed by atoms with Gasteiger partial charge in [0.25, 0.3) is 0 Å². The van der Waals surface area contributed by atoms with Gasteiger partial charge in [-0.25, -0.2) is 13.1 Å². The fourth-order valence-electron chi connectivity index (χ4n) is 2.52. The molecule has 1 aromatic heterocycles. The number of H-pyrrole nitrogens is 1. The highest BCUT2D eigenvalue weighted by Crippen LogP contribution is 2.19. The van der Waals surface area contributed by atoms with Crippen molar-refractivity contribution in [2.24, 2.45) is 11.7 Å². The standard InChI is InChI=1S/C16H25N3O3S/c1-2-13(5-8-17)6-10-19-23(20,21)12-22-15-3-4-16-14(11-15)7-9-18-16/h3-4,7,9,11,13,18-19H,2,5-6,8,10,12,17H2,1H3. The molecule has 0 fully saturated rings. The van der Waals surface area contributed by atoms with Gasteiger partial charge < -0.3 is 15.5 Å². The lowest BCUT2D eigenvalue weighted by atomic mass is 9.99. The number of hydrogen-bond acceptors (Lipinski definition) is 4. The Morgan fingerprint density at radius 2 is 2.13 bits per heavy atom. The smallest absolute Gasteiger partial charge is 0.246 e. The molecule has 0 saturated heterocycles. The highest BCUT2D eigenvalue weighted by molar-refractivity contribution is 7.89. The molecule has 23 heavy (non-hydrogen) atoms. The average Bonchev–Trinajstić information content (AvgIpc) is 2.99. The zero-order valence-corrected chi connectivity index (χ0v) is 14.2. The summed E-state index contributed by atoms with van der Waals surface area (Å²) in [5, 5.41) is 0.987. The van der Waals surface area contributed by atoms with Gasteiger partial charge in [-0.2, -0.15) is 0 Å². The number of benzene rings is 1. The van der Waals surface area contributed by atoms with Gasteiger partial charge in [0.05, 0.1) is 0 Å². The van der Waals surface area contributed by atoms with Gasteiger partial charge in [-0.15, -0.1) is 0 Å². The lowest BCUT2D eigenvalue weighted by Crippen LogP contribution is -2.30. The average molecular weight is 339 g/mol. The molecular formula is C16H25N3O3S. The summed E-state index contributed by atoms with van der Waals surface area (Å²) in [6.07, 6.45) is 4.55. The van der Waals surface area contributed by atoms with Crippen molar-refractivity contribution < 1.29 is 13.2 Å². The maximum absolute atomic E-state index is 12.0. The molecule has 1 heterocycles. The quantitative estimate of drug-likeness (QED) is 0.618. The van der Waals surface area contributed by atoms with Gasteiger partial charge >= 0.3 is 0 Å². The highest BCUT2D eigenvalue weighted by Gasteiger charge is 2.13. The third-order valence-corrected chi connectivity index (χ3v) is 5.00. The monoisotopic (exact) mass is 339 g/mol. The molecule has 0 aliphatic rings. The van der Waals surface area contributed by atoms with Crippen LogP contribution in [0.5, 0.6) is 5.75 Å². The summed E-state index contributed by atoms with van der Waals surface area (Å²) in [5.74, 6) is 0.619. The van der Waals surface area contributed by atoms with Crippen LogP contribution in [0.25, 0.3) is 10.9 Å². The third kappa shape index (κ3) is 5.53. The van der Waals surface area contributed by atoms with E-state index < -0.39 is 10.0 Å². The molecule has 0 spiro atoms. The van der Waals surface area contributed by atoms with Gasteiger partial charge in [0, 0.05) is 23.6 Å². The van der Waals surface area contributed by atoms with Crippen molar-refractivity contribution in [2.45, 2.75) is 26.2 Å². The zero-order valence-electron chi connectivity index (χ0n) is 13.4. The molecule has 0 amide bonds. The van der Waals surface area contributed by atoms with Crippen LogP contribution in [-0.2, 0) is 10.0 Å². The van der Waals surface area contributed by atoms with Crippen molar-refractivity contribution in [3.8, 4) is 5.75 Å². The van der Waals surface area contributed by atoms with Crippen LogP contribution in [0.2, 0.25) is 0 Å². The molecule has 0 bridgehead atoms. The minimum atomic E-state index is -3.45. The largest absolute Gasteiger partial charge is 0.476 e. The van der Waals surface area contributed by atoms with E-state index in [1.807, 2.05) is 24.4 Å². The lowest BCUT2D eigenvalue weighted by molar-refractivity contribution is 0.372. The predicted molar refractivity (Wildman–Crippen MR) is 92.8 cm³/mol. The second-order valence-electron chi connectivity index (χ2n) is 5.64. The maximum atomic E-state index is 12.0. The fraction of sp³-hybridized carbons (Fsp3) is 0.500. The Morgan fingerprint density at radius 3 is 2.87 bits per heavy atom. The number of rotatable bonds is 10. The Kier molecular flexibility index (Phi) is 6.44. The molecule has 1 aromatic carbocycles. The van der Waals surface area contributed by atoms with Gasteiger partial charge in [0.2, 0.25) is 16.0 Å². The lowest BCUT2D eigenvalue weighted by Gasteiger charge is -2.14. The first-order chi connectivity index (χ1) is 11.0. The molecule has 0 radical (unpaired) electrons. The summed E-state index contributed by atoms with van der Waals surface area (Å²) in [4.78, 5) is 3.08. The summed E-state index contributed by atoms with van der Waals surface area (Å²) in [5.41, 5.74) is 6.54.